The summed E-state index contributed by atoms with van der Waals surface area (Å²) in [6.45, 7) is 4.92. The second kappa shape index (κ2) is 3.27. The van der Waals surface area contributed by atoms with Gasteiger partial charge < -0.3 is 10.5 Å². The first kappa shape index (κ1) is 10.8. The van der Waals surface area contributed by atoms with Gasteiger partial charge in [-0.2, -0.15) is 0 Å². The first-order chi connectivity index (χ1) is 8.10. The van der Waals surface area contributed by atoms with Crippen molar-refractivity contribution in [3.05, 3.63) is 0 Å². The van der Waals surface area contributed by atoms with Gasteiger partial charge in [0.15, 0.2) is 0 Å². The molecule has 2 N–H and O–H groups in total. The van der Waals surface area contributed by atoms with E-state index in [-0.39, 0.29) is 0 Å². The van der Waals surface area contributed by atoms with Gasteiger partial charge >= 0.3 is 0 Å². The van der Waals surface area contributed by atoms with Crippen LogP contribution in [0, 0.1) is 29.1 Å². The van der Waals surface area contributed by atoms with E-state index in [2.05, 4.69) is 13.8 Å². The van der Waals surface area contributed by atoms with E-state index in [1.807, 2.05) is 0 Å². The molecule has 8 atom stereocenters. The average molecular weight is 235 g/mol. The number of hydrogen-bond donors (Lipinski definition) is 1. The Morgan fingerprint density at radius 2 is 2.12 bits per heavy atom. The zero-order valence-corrected chi connectivity index (χ0v) is 11.1. The highest BCUT2D eigenvalue weighted by Crippen LogP contribution is 2.63. The average Bonchev–Trinajstić information content (AvgIpc) is 3.08. The lowest BCUT2D eigenvalue weighted by atomic mass is 9.57. The monoisotopic (exact) mass is 235 g/mol. The van der Waals surface area contributed by atoms with Crippen LogP contribution in [0.25, 0.3) is 0 Å². The second-order valence-corrected chi connectivity index (χ2v) is 7.52. The van der Waals surface area contributed by atoms with E-state index in [1.165, 1.54) is 32.1 Å². The molecule has 0 spiro atoms. The van der Waals surface area contributed by atoms with Gasteiger partial charge in [0.25, 0.3) is 0 Å². The quantitative estimate of drug-likeness (QED) is 0.655. The highest BCUT2D eigenvalue weighted by molar-refractivity contribution is 5.12. The minimum absolute atomic E-state index is 0.420. The highest BCUT2D eigenvalue weighted by atomic mass is 16.6. The van der Waals surface area contributed by atoms with E-state index in [4.69, 9.17) is 10.5 Å². The van der Waals surface area contributed by atoms with Crippen LogP contribution in [0.15, 0.2) is 0 Å². The molecule has 0 radical (unpaired) electrons. The minimum Gasteiger partial charge on any atom is -0.369 e. The Morgan fingerprint density at radius 3 is 2.94 bits per heavy atom. The van der Waals surface area contributed by atoms with Gasteiger partial charge in [-0.25, -0.2) is 0 Å². The molecule has 0 amide bonds. The summed E-state index contributed by atoms with van der Waals surface area (Å²) in [5, 5.41) is 0. The number of epoxide rings is 1. The molecule has 1 aliphatic heterocycles. The molecule has 0 aromatic rings. The SMILES string of the molecule is CC1C2OC2C2CC2CC2(C)CCCC(N)C12. The fraction of sp³-hybridized carbons (Fsp3) is 1.00. The van der Waals surface area contributed by atoms with Crippen LogP contribution < -0.4 is 5.73 Å². The number of fused-ring (bicyclic) bond motifs is 4. The molecule has 4 fully saturated rings. The van der Waals surface area contributed by atoms with Crippen molar-refractivity contribution in [2.24, 2.45) is 34.8 Å². The molecule has 8 unspecified atom stereocenters. The van der Waals surface area contributed by atoms with Crippen LogP contribution in [0.2, 0.25) is 0 Å². The molecule has 0 aromatic heterocycles. The van der Waals surface area contributed by atoms with Crippen molar-refractivity contribution in [1.82, 2.24) is 0 Å². The van der Waals surface area contributed by atoms with E-state index in [1.54, 1.807) is 0 Å². The lowest BCUT2D eigenvalue weighted by Gasteiger charge is -2.48. The summed E-state index contributed by atoms with van der Waals surface area (Å²) in [5.41, 5.74) is 6.98. The molecule has 4 rings (SSSR count). The molecule has 1 saturated heterocycles. The predicted molar refractivity (Wildman–Crippen MR) is 67.5 cm³/mol. The summed E-state index contributed by atoms with van der Waals surface area (Å²) in [4.78, 5) is 0. The molecule has 1 heterocycles. The van der Waals surface area contributed by atoms with E-state index in [0.717, 1.165) is 11.8 Å². The summed E-state index contributed by atoms with van der Waals surface area (Å²) in [6, 6.07) is 0.420. The van der Waals surface area contributed by atoms with Crippen LogP contribution in [0.3, 0.4) is 0 Å². The molecular weight excluding hydrogens is 210 g/mol. The Kier molecular flexibility index (Phi) is 2.08. The molecule has 4 aliphatic rings. The molecule has 3 aliphatic carbocycles. The van der Waals surface area contributed by atoms with Gasteiger partial charge in [0.2, 0.25) is 0 Å². The standard InChI is InChI=1S/C15H25NO/c1-8-12-11(16)4-3-5-15(12,2)7-9-6-10(9)14-13(8)17-14/h8-14H,3-7,16H2,1-2H3. The lowest BCUT2D eigenvalue weighted by Crippen LogP contribution is -2.50. The molecule has 0 aromatic carbocycles. The number of ether oxygens (including phenoxy) is 1. The predicted octanol–water partition coefficient (Wildman–Crippen LogP) is 2.56. The summed E-state index contributed by atoms with van der Waals surface area (Å²) in [5.74, 6) is 3.27. The fourth-order valence-electron chi connectivity index (χ4n) is 5.48. The van der Waals surface area contributed by atoms with Gasteiger partial charge in [-0.05, 0) is 54.8 Å². The Labute approximate surface area is 104 Å². The molecule has 2 heteroatoms. The minimum atomic E-state index is 0.420. The summed E-state index contributed by atoms with van der Waals surface area (Å²) >= 11 is 0. The van der Waals surface area contributed by atoms with Crippen LogP contribution in [0.4, 0.5) is 0 Å². The van der Waals surface area contributed by atoms with Gasteiger partial charge in [0.05, 0.1) is 12.2 Å². The molecule has 96 valence electrons. The Morgan fingerprint density at radius 1 is 1.29 bits per heavy atom. The van der Waals surface area contributed by atoms with Gasteiger partial charge in [0.1, 0.15) is 0 Å². The Hall–Kier alpha value is -0.0800. The third-order valence-corrected chi connectivity index (χ3v) is 6.33. The molecular formula is C15H25NO. The van der Waals surface area contributed by atoms with Gasteiger partial charge in [-0.15, -0.1) is 0 Å². The summed E-state index contributed by atoms with van der Waals surface area (Å²) in [7, 11) is 0. The van der Waals surface area contributed by atoms with Gasteiger partial charge in [-0.3, -0.25) is 0 Å². The highest BCUT2D eigenvalue weighted by Gasteiger charge is 2.63. The second-order valence-electron chi connectivity index (χ2n) is 7.52. The van der Waals surface area contributed by atoms with Crippen molar-refractivity contribution in [2.45, 2.75) is 64.2 Å². The van der Waals surface area contributed by atoms with Crippen molar-refractivity contribution in [1.29, 1.82) is 0 Å². The number of nitrogens with two attached hydrogens (primary N) is 1. The van der Waals surface area contributed by atoms with Gasteiger partial charge in [0, 0.05) is 6.04 Å². The lowest BCUT2D eigenvalue weighted by molar-refractivity contribution is 0.0257. The fourth-order valence-corrected chi connectivity index (χ4v) is 5.48. The maximum Gasteiger partial charge on any atom is 0.0875 e. The first-order valence-corrected chi connectivity index (χ1v) is 7.51. The normalized spacial score (nSPS) is 64.8. The third kappa shape index (κ3) is 1.46. The number of rotatable bonds is 0. The Bertz CT molecular complexity index is 344. The largest absolute Gasteiger partial charge is 0.369 e. The zero-order chi connectivity index (χ0) is 11.8. The van der Waals surface area contributed by atoms with E-state index in [9.17, 15) is 0 Å². The van der Waals surface area contributed by atoms with Crippen LogP contribution in [0.5, 0.6) is 0 Å². The number of hydrogen-bond acceptors (Lipinski definition) is 2. The van der Waals surface area contributed by atoms with Crippen molar-refractivity contribution in [3.8, 4) is 0 Å². The smallest absolute Gasteiger partial charge is 0.0875 e. The molecule has 2 nitrogen and oxygen atoms in total. The van der Waals surface area contributed by atoms with Crippen LogP contribution in [0.1, 0.15) is 46.0 Å². The maximum atomic E-state index is 6.47. The van der Waals surface area contributed by atoms with Crippen molar-refractivity contribution >= 4 is 0 Å². The molecule has 0 bridgehead atoms. The van der Waals surface area contributed by atoms with E-state index < -0.39 is 0 Å². The van der Waals surface area contributed by atoms with Crippen molar-refractivity contribution < 1.29 is 4.74 Å². The summed E-state index contributed by atoms with van der Waals surface area (Å²) in [6.07, 6.45) is 8.00. The van der Waals surface area contributed by atoms with Crippen LogP contribution >= 0.6 is 0 Å². The van der Waals surface area contributed by atoms with E-state index in [0.29, 0.717) is 35.5 Å². The third-order valence-electron chi connectivity index (χ3n) is 6.33. The van der Waals surface area contributed by atoms with Gasteiger partial charge in [-0.1, -0.05) is 20.3 Å². The summed E-state index contributed by atoms with van der Waals surface area (Å²) < 4.78 is 5.99. The van der Waals surface area contributed by atoms with Crippen molar-refractivity contribution in [2.75, 3.05) is 0 Å². The topological polar surface area (TPSA) is 38.5 Å². The van der Waals surface area contributed by atoms with Crippen LogP contribution in [-0.2, 0) is 4.74 Å². The molecule has 17 heavy (non-hydrogen) atoms. The van der Waals surface area contributed by atoms with E-state index >= 15 is 0 Å². The Balaban J connectivity index is 1.68. The maximum absolute atomic E-state index is 6.47. The molecule has 3 saturated carbocycles. The zero-order valence-electron chi connectivity index (χ0n) is 11.1. The van der Waals surface area contributed by atoms with Crippen molar-refractivity contribution in [3.63, 3.8) is 0 Å². The first-order valence-electron chi connectivity index (χ1n) is 7.51. The van der Waals surface area contributed by atoms with Crippen LogP contribution in [-0.4, -0.2) is 18.2 Å².